The minimum atomic E-state index is -4.66. The normalized spacial score (nSPS) is 14.6. The van der Waals surface area contributed by atoms with Crippen molar-refractivity contribution in [2.45, 2.75) is 38.5 Å². The summed E-state index contributed by atoms with van der Waals surface area (Å²) in [5.41, 5.74) is 1.23. The molecule has 0 aliphatic carbocycles. The Hall–Kier alpha value is -4.89. The van der Waals surface area contributed by atoms with Crippen molar-refractivity contribution in [1.82, 2.24) is 4.98 Å². The molecular weight excluding hydrogens is 597 g/mol. The van der Waals surface area contributed by atoms with Gasteiger partial charge in [-0.05, 0) is 61.4 Å². The molecule has 3 amide bonds. The number of halogens is 4. The fourth-order valence-corrected chi connectivity index (χ4v) is 5.38. The number of carbonyl (C=O) groups excluding carboxylic acids is 3. The van der Waals surface area contributed by atoms with E-state index in [-0.39, 0.29) is 36.5 Å². The zero-order valence-corrected chi connectivity index (χ0v) is 24.8. The molecule has 1 saturated heterocycles. The second-order valence-corrected chi connectivity index (χ2v) is 10.6. The van der Waals surface area contributed by atoms with Gasteiger partial charge in [-0.25, -0.2) is 4.98 Å². The van der Waals surface area contributed by atoms with Gasteiger partial charge in [0.25, 0.3) is 0 Å². The van der Waals surface area contributed by atoms with Crippen molar-refractivity contribution in [3.05, 3.63) is 88.6 Å². The highest BCUT2D eigenvalue weighted by Gasteiger charge is 2.41. The number of para-hydroxylation sites is 1. The zero-order valence-electron chi connectivity index (χ0n) is 24.1. The molecule has 2 aromatic carbocycles. The van der Waals surface area contributed by atoms with E-state index in [4.69, 9.17) is 11.6 Å². The molecule has 3 aromatic rings. The first kappa shape index (κ1) is 32.0. The van der Waals surface area contributed by atoms with Gasteiger partial charge in [-0.2, -0.15) is 18.4 Å². The molecule has 2 heterocycles. The first-order valence-electron chi connectivity index (χ1n) is 13.4. The smallest absolute Gasteiger partial charge is 0.367 e. The molecule has 1 aliphatic rings. The van der Waals surface area contributed by atoms with Crippen LogP contribution in [0.3, 0.4) is 0 Å². The Morgan fingerprint density at radius 1 is 1.23 bits per heavy atom. The molecular formula is C31H28ClF3N6O3. The van der Waals surface area contributed by atoms with E-state index < -0.39 is 35.5 Å². The van der Waals surface area contributed by atoms with E-state index in [1.807, 2.05) is 0 Å². The molecule has 228 valence electrons. The molecule has 1 N–H and O–H groups in total. The van der Waals surface area contributed by atoms with Crippen molar-refractivity contribution < 1.29 is 27.6 Å². The molecule has 1 aromatic heterocycles. The summed E-state index contributed by atoms with van der Waals surface area (Å²) in [5.74, 6) is -1.73. The Labute approximate surface area is 257 Å². The van der Waals surface area contributed by atoms with Gasteiger partial charge in [0.05, 0.1) is 33.2 Å². The third-order valence-corrected chi connectivity index (χ3v) is 7.42. The third kappa shape index (κ3) is 6.68. The number of aryl methyl sites for hydroxylation is 1. The molecule has 0 bridgehead atoms. The minimum absolute atomic E-state index is 0.0337. The highest BCUT2D eigenvalue weighted by molar-refractivity contribution is 6.34. The second-order valence-electron chi connectivity index (χ2n) is 10.2. The van der Waals surface area contributed by atoms with Gasteiger partial charge in [0.1, 0.15) is 17.9 Å². The van der Waals surface area contributed by atoms with Crippen molar-refractivity contribution in [3.63, 3.8) is 0 Å². The molecule has 1 fully saturated rings. The van der Waals surface area contributed by atoms with Gasteiger partial charge in [-0.15, -0.1) is 0 Å². The summed E-state index contributed by atoms with van der Waals surface area (Å²) in [4.78, 5) is 46.7. The van der Waals surface area contributed by atoms with Crippen LogP contribution >= 0.6 is 11.6 Å². The fourth-order valence-electron chi connectivity index (χ4n) is 5.07. The van der Waals surface area contributed by atoms with Crippen LogP contribution in [0.15, 0.2) is 61.2 Å². The van der Waals surface area contributed by atoms with Crippen LogP contribution < -0.4 is 20.0 Å². The van der Waals surface area contributed by atoms with E-state index in [2.05, 4.69) is 22.9 Å². The molecule has 4 rings (SSSR count). The monoisotopic (exact) mass is 624 g/mol. The average Bonchev–Trinajstić information content (AvgIpc) is 3.37. The molecule has 1 atom stereocenters. The van der Waals surface area contributed by atoms with Crippen LogP contribution in [0.2, 0.25) is 5.02 Å². The number of anilines is 4. The number of amides is 3. The molecule has 44 heavy (non-hydrogen) atoms. The lowest BCUT2D eigenvalue weighted by molar-refractivity contribution is -0.137. The number of carbonyl (C=O) groups is 3. The van der Waals surface area contributed by atoms with E-state index in [1.165, 1.54) is 18.9 Å². The van der Waals surface area contributed by atoms with Crippen LogP contribution in [-0.2, 0) is 27.1 Å². The Bertz CT molecular complexity index is 1690. The molecule has 0 spiro atoms. The SMILES string of the molecule is C=CC(=O)Nc1ccc(CN(C)c2c(Cl)cccc2N(C)C(=O)[C@@H]2CCC(=O)N2c2cc(C(F)(F)F)cc(C)n2)cc1C#N. The minimum Gasteiger partial charge on any atom is -0.367 e. The zero-order chi connectivity index (χ0) is 32.3. The molecule has 9 nitrogen and oxygen atoms in total. The predicted octanol–water partition coefficient (Wildman–Crippen LogP) is 5.85. The van der Waals surface area contributed by atoms with Crippen LogP contribution in [-0.4, -0.2) is 42.8 Å². The number of pyridine rings is 1. The van der Waals surface area contributed by atoms with Crippen molar-refractivity contribution in [1.29, 1.82) is 5.26 Å². The van der Waals surface area contributed by atoms with E-state index in [0.717, 1.165) is 23.1 Å². The fraction of sp³-hybridized carbons (Fsp3) is 0.258. The van der Waals surface area contributed by atoms with Gasteiger partial charge in [0.2, 0.25) is 17.7 Å². The van der Waals surface area contributed by atoms with Gasteiger partial charge >= 0.3 is 6.18 Å². The summed E-state index contributed by atoms with van der Waals surface area (Å²) < 4.78 is 40.6. The van der Waals surface area contributed by atoms with Crippen molar-refractivity contribution in [3.8, 4) is 6.07 Å². The largest absolute Gasteiger partial charge is 0.416 e. The lowest BCUT2D eigenvalue weighted by Gasteiger charge is -2.31. The summed E-state index contributed by atoms with van der Waals surface area (Å²) in [6, 6.07) is 12.5. The summed E-state index contributed by atoms with van der Waals surface area (Å²) >= 11 is 6.61. The van der Waals surface area contributed by atoms with Crippen LogP contribution in [0.4, 0.5) is 36.1 Å². The summed E-state index contributed by atoms with van der Waals surface area (Å²) in [6.07, 6.45) is -3.50. The number of nitriles is 1. The van der Waals surface area contributed by atoms with Crippen molar-refractivity contribution in [2.75, 3.05) is 34.1 Å². The Morgan fingerprint density at radius 2 is 1.95 bits per heavy atom. The summed E-state index contributed by atoms with van der Waals surface area (Å²) in [7, 11) is 3.24. The number of nitrogens with zero attached hydrogens (tertiary/aromatic N) is 5. The average molecular weight is 625 g/mol. The number of rotatable bonds is 8. The van der Waals surface area contributed by atoms with Gasteiger partial charge in [-0.3, -0.25) is 19.3 Å². The lowest BCUT2D eigenvalue weighted by Crippen LogP contribution is -2.46. The molecule has 13 heteroatoms. The maximum Gasteiger partial charge on any atom is 0.416 e. The second kappa shape index (κ2) is 12.8. The van der Waals surface area contributed by atoms with Crippen molar-refractivity contribution in [2.24, 2.45) is 0 Å². The molecule has 0 unspecified atom stereocenters. The highest BCUT2D eigenvalue weighted by atomic mass is 35.5. The quantitative estimate of drug-likeness (QED) is 0.315. The number of hydrogen-bond donors (Lipinski definition) is 1. The first-order valence-corrected chi connectivity index (χ1v) is 13.7. The van der Waals surface area contributed by atoms with Crippen LogP contribution in [0.25, 0.3) is 0 Å². The number of nitrogens with one attached hydrogen (secondary N) is 1. The first-order chi connectivity index (χ1) is 20.7. The maximum atomic E-state index is 13.9. The number of aromatic nitrogens is 1. The molecule has 0 radical (unpaired) electrons. The number of likely N-dealkylation sites (N-methyl/N-ethyl adjacent to an activating group) is 1. The van der Waals surface area contributed by atoms with Crippen molar-refractivity contribution >= 4 is 52.2 Å². The lowest BCUT2D eigenvalue weighted by atomic mass is 10.1. The van der Waals surface area contributed by atoms with Gasteiger partial charge < -0.3 is 15.1 Å². The Balaban J connectivity index is 1.63. The van der Waals surface area contributed by atoms with E-state index >= 15 is 0 Å². The Kier molecular flexibility index (Phi) is 9.30. The third-order valence-electron chi connectivity index (χ3n) is 7.12. The topological polar surface area (TPSA) is 110 Å². The summed E-state index contributed by atoms with van der Waals surface area (Å²) in [6.45, 7) is 5.05. The highest BCUT2D eigenvalue weighted by Crippen LogP contribution is 2.38. The van der Waals surface area contributed by atoms with Gasteiger partial charge in [0.15, 0.2) is 0 Å². The standard InChI is InChI=1S/C31H28ClF3N6O3/c1-5-27(42)38-23-10-9-19(14-20(23)16-36)17-39(3)29-22(32)7-6-8-24(29)40(4)30(44)25-11-12-28(43)41(25)26-15-21(31(33,34)35)13-18(2)37-26/h5-10,13-15,25H,1,11-12,17H2,2-4H3,(H,38,42)/t25-/m0/s1. The number of hydrogen-bond acceptors (Lipinski definition) is 6. The van der Waals surface area contributed by atoms with Crippen LogP contribution in [0, 0.1) is 18.3 Å². The Morgan fingerprint density at radius 3 is 2.61 bits per heavy atom. The number of benzene rings is 2. The van der Waals surface area contributed by atoms with Crippen LogP contribution in [0.5, 0.6) is 0 Å². The summed E-state index contributed by atoms with van der Waals surface area (Å²) in [5, 5.41) is 12.5. The molecule has 1 aliphatic heterocycles. The molecule has 0 saturated carbocycles. The van der Waals surface area contributed by atoms with Crippen LogP contribution in [0.1, 0.15) is 35.2 Å². The van der Waals surface area contributed by atoms with E-state index in [9.17, 15) is 32.8 Å². The maximum absolute atomic E-state index is 13.9. The van der Waals surface area contributed by atoms with Gasteiger partial charge in [-0.1, -0.05) is 30.3 Å². The predicted molar refractivity (Wildman–Crippen MR) is 161 cm³/mol. The van der Waals surface area contributed by atoms with E-state index in [1.54, 1.807) is 48.3 Å². The van der Waals surface area contributed by atoms with Gasteiger partial charge in [0, 0.05) is 32.8 Å². The number of alkyl halides is 3. The van der Waals surface area contributed by atoms with E-state index in [0.29, 0.717) is 27.6 Å².